The molecule has 108 valence electrons. The van der Waals surface area contributed by atoms with Crippen LogP contribution in [0.2, 0.25) is 0 Å². The van der Waals surface area contributed by atoms with Crippen LogP contribution in [0.15, 0.2) is 12.1 Å². The number of likely N-dealkylation sites (tertiary alicyclic amines) is 1. The lowest BCUT2D eigenvalue weighted by atomic mass is 9.88. The summed E-state index contributed by atoms with van der Waals surface area (Å²) in [6.07, 6.45) is 2.94. The molecule has 0 radical (unpaired) electrons. The number of carbonyl (C=O) groups is 1. The summed E-state index contributed by atoms with van der Waals surface area (Å²) < 4.78 is 6.34. The quantitative estimate of drug-likeness (QED) is 0.898. The highest BCUT2D eigenvalue weighted by Crippen LogP contribution is 2.40. The first-order valence-corrected chi connectivity index (χ1v) is 7.21. The highest BCUT2D eigenvalue weighted by molar-refractivity contribution is 5.69. The van der Waals surface area contributed by atoms with Crippen LogP contribution in [0.5, 0.6) is 5.75 Å². The van der Waals surface area contributed by atoms with Crippen molar-refractivity contribution in [3.05, 3.63) is 28.8 Å². The number of fused-ring (bicyclic) bond motifs is 1. The summed E-state index contributed by atoms with van der Waals surface area (Å²) in [7, 11) is 0. The van der Waals surface area contributed by atoms with E-state index in [9.17, 15) is 4.79 Å². The number of ether oxygens (including phenoxy) is 1. The Morgan fingerprint density at radius 3 is 2.95 bits per heavy atom. The third kappa shape index (κ3) is 2.40. The van der Waals surface area contributed by atoms with Crippen LogP contribution in [0.3, 0.4) is 0 Å². The Balaban J connectivity index is 1.80. The van der Waals surface area contributed by atoms with Gasteiger partial charge >= 0.3 is 5.97 Å². The van der Waals surface area contributed by atoms with Gasteiger partial charge in [-0.15, -0.1) is 0 Å². The van der Waals surface area contributed by atoms with Gasteiger partial charge in [-0.2, -0.15) is 0 Å². The molecule has 4 nitrogen and oxygen atoms in total. The van der Waals surface area contributed by atoms with Crippen molar-refractivity contribution >= 4 is 5.97 Å². The summed E-state index contributed by atoms with van der Waals surface area (Å²) in [4.78, 5) is 12.8. The lowest BCUT2D eigenvalue weighted by Crippen LogP contribution is -2.43. The molecule has 0 aliphatic carbocycles. The standard InChI is InChI=1S/C16H21NO3/c1-11-7-12(2)15-13(8-11)3-4-16(20-15)5-6-17(10-16)9-14(18)19/h7-8H,3-6,9-10H2,1-2H3,(H,18,19). The molecule has 1 saturated heterocycles. The van der Waals surface area contributed by atoms with Crippen molar-refractivity contribution in [3.8, 4) is 5.75 Å². The molecule has 1 N–H and O–H groups in total. The molecule has 0 saturated carbocycles. The van der Waals surface area contributed by atoms with Crippen molar-refractivity contribution in [1.82, 2.24) is 4.90 Å². The predicted octanol–water partition coefficient (Wildman–Crippen LogP) is 2.16. The largest absolute Gasteiger partial charge is 0.485 e. The average molecular weight is 275 g/mol. The van der Waals surface area contributed by atoms with Crippen LogP contribution in [-0.2, 0) is 11.2 Å². The minimum absolute atomic E-state index is 0.116. The molecule has 0 aromatic heterocycles. The number of carboxylic acids is 1. The van der Waals surface area contributed by atoms with Gasteiger partial charge < -0.3 is 9.84 Å². The Morgan fingerprint density at radius 2 is 2.20 bits per heavy atom. The molecule has 2 heterocycles. The lowest BCUT2D eigenvalue weighted by Gasteiger charge is -2.36. The van der Waals surface area contributed by atoms with Gasteiger partial charge in [0, 0.05) is 19.5 Å². The fourth-order valence-corrected chi connectivity index (χ4v) is 3.55. The van der Waals surface area contributed by atoms with Crippen molar-refractivity contribution in [2.45, 2.75) is 38.7 Å². The van der Waals surface area contributed by atoms with E-state index in [1.165, 1.54) is 16.7 Å². The zero-order valence-corrected chi connectivity index (χ0v) is 12.1. The topological polar surface area (TPSA) is 49.8 Å². The highest BCUT2D eigenvalue weighted by Gasteiger charge is 2.43. The summed E-state index contributed by atoms with van der Waals surface area (Å²) in [5.74, 6) is 0.268. The van der Waals surface area contributed by atoms with Gasteiger partial charge in [0.2, 0.25) is 0 Å². The smallest absolute Gasteiger partial charge is 0.317 e. The molecule has 4 heteroatoms. The summed E-state index contributed by atoms with van der Waals surface area (Å²) in [5, 5.41) is 8.91. The third-order valence-corrected chi connectivity index (χ3v) is 4.42. The Bertz CT molecular complexity index is 555. The van der Waals surface area contributed by atoms with E-state index in [0.29, 0.717) is 0 Å². The fraction of sp³-hybridized carbons (Fsp3) is 0.562. The monoisotopic (exact) mass is 275 g/mol. The number of carboxylic acid groups (broad SMARTS) is 1. The van der Waals surface area contributed by atoms with Gasteiger partial charge in [-0.1, -0.05) is 17.7 Å². The normalized spacial score (nSPS) is 25.5. The Labute approximate surface area is 119 Å². The maximum atomic E-state index is 10.8. The molecule has 1 atom stereocenters. The third-order valence-electron chi connectivity index (χ3n) is 4.42. The second-order valence-corrected chi connectivity index (χ2v) is 6.21. The molecule has 1 aromatic carbocycles. The summed E-state index contributed by atoms with van der Waals surface area (Å²) in [6.45, 7) is 5.86. The van der Waals surface area contributed by atoms with Gasteiger partial charge in [0.25, 0.3) is 0 Å². The van der Waals surface area contributed by atoms with Crippen molar-refractivity contribution < 1.29 is 14.6 Å². The van der Waals surface area contributed by atoms with Gasteiger partial charge in [0.1, 0.15) is 11.4 Å². The Kier molecular flexibility index (Phi) is 3.21. The molecular formula is C16H21NO3. The number of hydrogen-bond acceptors (Lipinski definition) is 3. The molecule has 1 fully saturated rings. The highest BCUT2D eigenvalue weighted by atomic mass is 16.5. The van der Waals surface area contributed by atoms with Crippen LogP contribution >= 0.6 is 0 Å². The van der Waals surface area contributed by atoms with Crippen molar-refractivity contribution in [3.63, 3.8) is 0 Å². The van der Waals surface area contributed by atoms with Gasteiger partial charge in [-0.05, 0) is 37.8 Å². The second kappa shape index (κ2) is 4.77. The SMILES string of the molecule is Cc1cc(C)c2c(c1)CCC1(CCN(CC(=O)O)C1)O2. The zero-order valence-electron chi connectivity index (χ0n) is 12.1. The molecule has 0 amide bonds. The lowest BCUT2D eigenvalue weighted by molar-refractivity contribution is -0.138. The molecule has 2 aliphatic heterocycles. The van der Waals surface area contributed by atoms with Crippen LogP contribution in [0.1, 0.15) is 29.5 Å². The summed E-state index contributed by atoms with van der Waals surface area (Å²) >= 11 is 0. The Hall–Kier alpha value is -1.55. The van der Waals surface area contributed by atoms with Crippen LogP contribution in [0.4, 0.5) is 0 Å². The van der Waals surface area contributed by atoms with E-state index < -0.39 is 5.97 Å². The van der Waals surface area contributed by atoms with Crippen molar-refractivity contribution in [2.75, 3.05) is 19.6 Å². The fourth-order valence-electron chi connectivity index (χ4n) is 3.55. The number of aliphatic carboxylic acids is 1. The molecule has 3 rings (SSSR count). The van der Waals surface area contributed by atoms with Crippen molar-refractivity contribution in [2.24, 2.45) is 0 Å². The first kappa shape index (κ1) is 13.4. The maximum absolute atomic E-state index is 10.8. The van der Waals surface area contributed by atoms with E-state index in [1.807, 2.05) is 4.90 Å². The molecule has 1 aromatic rings. The van der Waals surface area contributed by atoms with Gasteiger partial charge in [-0.25, -0.2) is 0 Å². The van der Waals surface area contributed by atoms with Crippen LogP contribution in [-0.4, -0.2) is 41.2 Å². The number of benzene rings is 1. The molecule has 20 heavy (non-hydrogen) atoms. The molecule has 1 spiro atoms. The molecule has 0 bridgehead atoms. The Morgan fingerprint density at radius 1 is 1.40 bits per heavy atom. The van der Waals surface area contributed by atoms with Gasteiger partial charge in [-0.3, -0.25) is 9.69 Å². The van der Waals surface area contributed by atoms with Crippen LogP contribution < -0.4 is 4.74 Å². The first-order chi connectivity index (χ1) is 9.47. The number of hydrogen-bond donors (Lipinski definition) is 1. The first-order valence-electron chi connectivity index (χ1n) is 7.21. The zero-order chi connectivity index (χ0) is 14.3. The van der Waals surface area contributed by atoms with E-state index in [4.69, 9.17) is 9.84 Å². The van der Waals surface area contributed by atoms with E-state index in [1.54, 1.807) is 0 Å². The number of nitrogens with zero attached hydrogens (tertiary/aromatic N) is 1. The van der Waals surface area contributed by atoms with E-state index in [2.05, 4.69) is 26.0 Å². The van der Waals surface area contributed by atoms with Crippen LogP contribution in [0, 0.1) is 13.8 Å². The minimum Gasteiger partial charge on any atom is -0.485 e. The van der Waals surface area contributed by atoms with Gasteiger partial charge in [0.15, 0.2) is 0 Å². The van der Waals surface area contributed by atoms with Crippen molar-refractivity contribution in [1.29, 1.82) is 0 Å². The van der Waals surface area contributed by atoms with E-state index in [0.717, 1.165) is 38.1 Å². The van der Waals surface area contributed by atoms with E-state index in [-0.39, 0.29) is 12.1 Å². The maximum Gasteiger partial charge on any atom is 0.317 e. The van der Waals surface area contributed by atoms with Crippen LogP contribution in [0.25, 0.3) is 0 Å². The van der Waals surface area contributed by atoms with E-state index >= 15 is 0 Å². The predicted molar refractivity (Wildman–Crippen MR) is 76.3 cm³/mol. The molecule has 2 aliphatic rings. The van der Waals surface area contributed by atoms with Gasteiger partial charge in [0.05, 0.1) is 6.54 Å². The number of rotatable bonds is 2. The minimum atomic E-state index is -0.759. The second-order valence-electron chi connectivity index (χ2n) is 6.21. The molecule has 1 unspecified atom stereocenters. The average Bonchev–Trinajstić information content (AvgIpc) is 2.73. The summed E-state index contributed by atoms with van der Waals surface area (Å²) in [6, 6.07) is 4.36. The molecular weight excluding hydrogens is 254 g/mol. The number of aryl methyl sites for hydroxylation is 3. The summed E-state index contributed by atoms with van der Waals surface area (Å²) in [5.41, 5.74) is 3.59.